The van der Waals surface area contributed by atoms with Crippen molar-refractivity contribution in [2.45, 2.75) is 12.2 Å². The molecular formula is C8H9BrOS2. The zero-order valence-electron chi connectivity index (χ0n) is 6.62. The highest BCUT2D eigenvalue weighted by Crippen LogP contribution is 2.30. The molecule has 0 fully saturated rings. The Morgan fingerprint density at radius 1 is 1.75 bits per heavy atom. The van der Waals surface area contributed by atoms with E-state index in [9.17, 15) is 4.79 Å². The van der Waals surface area contributed by atoms with E-state index in [1.807, 2.05) is 10.8 Å². The van der Waals surface area contributed by atoms with Gasteiger partial charge in [0.05, 0.1) is 10.2 Å². The first kappa shape index (κ1) is 10.4. The van der Waals surface area contributed by atoms with E-state index < -0.39 is 0 Å². The number of Topliss-reactive ketones (excluding diaryl/α,β-unsaturated/α-hetero) is 1. The molecular weight excluding hydrogens is 256 g/mol. The van der Waals surface area contributed by atoms with Gasteiger partial charge in [0.25, 0.3) is 0 Å². The Hall–Kier alpha value is 0.330. The van der Waals surface area contributed by atoms with E-state index in [2.05, 4.69) is 28.9 Å². The maximum Gasteiger partial charge on any atom is 0.180 e. The van der Waals surface area contributed by atoms with Crippen molar-refractivity contribution in [3.8, 4) is 0 Å². The highest BCUT2D eigenvalue weighted by atomic mass is 79.9. The number of rotatable bonds is 2. The molecule has 0 aromatic rings. The summed E-state index contributed by atoms with van der Waals surface area (Å²) in [5, 5.41) is 4.74. The topological polar surface area (TPSA) is 17.1 Å². The molecule has 4 heteroatoms. The Balaban J connectivity index is 2.66. The third-order valence-electron chi connectivity index (χ3n) is 1.31. The van der Waals surface area contributed by atoms with Gasteiger partial charge in [0, 0.05) is 5.25 Å². The van der Waals surface area contributed by atoms with Gasteiger partial charge in [-0.15, -0.1) is 23.5 Å². The minimum Gasteiger partial charge on any atom is -0.293 e. The van der Waals surface area contributed by atoms with Crippen LogP contribution < -0.4 is 0 Å². The van der Waals surface area contributed by atoms with Crippen LogP contribution in [0.1, 0.15) is 6.92 Å². The minimum absolute atomic E-state index is 0.169. The largest absolute Gasteiger partial charge is 0.293 e. The van der Waals surface area contributed by atoms with Crippen molar-refractivity contribution in [3.63, 3.8) is 0 Å². The Labute approximate surface area is 89.2 Å². The van der Waals surface area contributed by atoms with E-state index in [0.717, 1.165) is 4.91 Å². The quantitative estimate of drug-likeness (QED) is 0.714. The van der Waals surface area contributed by atoms with E-state index in [1.54, 1.807) is 23.5 Å². The van der Waals surface area contributed by atoms with Crippen molar-refractivity contribution in [1.82, 2.24) is 0 Å². The zero-order chi connectivity index (χ0) is 8.97. The molecule has 1 aliphatic heterocycles. The van der Waals surface area contributed by atoms with Crippen molar-refractivity contribution >= 4 is 45.2 Å². The van der Waals surface area contributed by atoms with Crippen LogP contribution in [0.5, 0.6) is 0 Å². The highest BCUT2D eigenvalue weighted by molar-refractivity contribution is 9.09. The number of halogens is 1. The van der Waals surface area contributed by atoms with E-state index in [1.165, 1.54) is 0 Å². The lowest BCUT2D eigenvalue weighted by Crippen LogP contribution is -2.02. The van der Waals surface area contributed by atoms with Gasteiger partial charge in [-0.05, 0) is 17.7 Å². The number of allylic oxidation sites excluding steroid dienone is 1. The van der Waals surface area contributed by atoms with Gasteiger partial charge in [-0.25, -0.2) is 0 Å². The van der Waals surface area contributed by atoms with Gasteiger partial charge in [-0.2, -0.15) is 0 Å². The third-order valence-corrected chi connectivity index (χ3v) is 3.79. The second kappa shape index (κ2) is 5.14. The lowest BCUT2D eigenvalue weighted by atomic mass is 10.4. The molecule has 0 saturated heterocycles. The van der Waals surface area contributed by atoms with Crippen LogP contribution in [0.25, 0.3) is 0 Å². The van der Waals surface area contributed by atoms with Crippen LogP contribution in [0.2, 0.25) is 0 Å². The summed E-state index contributed by atoms with van der Waals surface area (Å²) >= 11 is 6.34. The van der Waals surface area contributed by atoms with Gasteiger partial charge >= 0.3 is 0 Å². The molecule has 0 N–H and O–H groups in total. The molecule has 1 aliphatic rings. The van der Waals surface area contributed by atoms with Gasteiger partial charge in [-0.1, -0.05) is 22.0 Å². The summed E-state index contributed by atoms with van der Waals surface area (Å²) in [5.74, 6) is 0.169. The number of hydrogen-bond acceptors (Lipinski definition) is 3. The number of hydrogen-bond donors (Lipinski definition) is 0. The molecule has 66 valence electrons. The van der Waals surface area contributed by atoms with Crippen LogP contribution in [-0.4, -0.2) is 16.4 Å². The molecule has 0 bridgehead atoms. The average Bonchev–Trinajstić information content (AvgIpc) is 2.28. The van der Waals surface area contributed by atoms with Gasteiger partial charge in [0.2, 0.25) is 0 Å². The molecule has 0 aliphatic carbocycles. The summed E-state index contributed by atoms with van der Waals surface area (Å²) in [6.07, 6.45) is 2.10. The molecule has 1 unspecified atom stereocenters. The summed E-state index contributed by atoms with van der Waals surface area (Å²) in [6, 6.07) is 0. The van der Waals surface area contributed by atoms with Crippen LogP contribution in [-0.2, 0) is 4.79 Å². The summed E-state index contributed by atoms with van der Waals surface area (Å²) < 4.78 is 0. The monoisotopic (exact) mass is 264 g/mol. The van der Waals surface area contributed by atoms with Crippen molar-refractivity contribution in [1.29, 1.82) is 0 Å². The SMILES string of the molecule is CC1C=CSC=C(C(=O)CBr)S1. The molecule has 1 rings (SSSR count). The minimum atomic E-state index is 0.169. The fraction of sp³-hybridized carbons (Fsp3) is 0.375. The van der Waals surface area contributed by atoms with E-state index >= 15 is 0 Å². The second-order valence-corrected chi connectivity index (χ2v) is 5.09. The molecule has 0 radical (unpaired) electrons. The summed E-state index contributed by atoms with van der Waals surface area (Å²) in [5.41, 5.74) is 0. The van der Waals surface area contributed by atoms with Crippen molar-refractivity contribution in [3.05, 3.63) is 21.8 Å². The van der Waals surface area contributed by atoms with Gasteiger partial charge in [0.15, 0.2) is 5.78 Å². The molecule has 0 aromatic carbocycles. The van der Waals surface area contributed by atoms with Crippen LogP contribution in [0, 0.1) is 0 Å². The Kier molecular flexibility index (Phi) is 4.46. The Morgan fingerprint density at radius 2 is 2.50 bits per heavy atom. The molecule has 0 saturated carbocycles. The molecule has 0 spiro atoms. The van der Waals surface area contributed by atoms with E-state index in [4.69, 9.17) is 0 Å². The van der Waals surface area contributed by atoms with Gasteiger partial charge < -0.3 is 0 Å². The standard InChI is InChI=1S/C8H9BrOS2/c1-6-2-3-11-5-8(12-6)7(10)4-9/h2-3,5-6H,4H2,1H3. The first-order valence-corrected chi connectivity index (χ1v) is 6.46. The second-order valence-electron chi connectivity index (χ2n) is 2.33. The summed E-state index contributed by atoms with van der Waals surface area (Å²) in [6.45, 7) is 2.09. The van der Waals surface area contributed by atoms with Crippen LogP contribution >= 0.6 is 39.5 Å². The van der Waals surface area contributed by atoms with Crippen LogP contribution in [0.4, 0.5) is 0 Å². The number of carbonyl (C=O) groups is 1. The molecule has 0 aromatic heterocycles. The predicted molar refractivity (Wildman–Crippen MR) is 60.7 cm³/mol. The lowest BCUT2D eigenvalue weighted by Gasteiger charge is -2.05. The van der Waals surface area contributed by atoms with Gasteiger partial charge in [0.1, 0.15) is 0 Å². The first-order valence-electron chi connectivity index (χ1n) is 3.52. The van der Waals surface area contributed by atoms with Gasteiger partial charge in [-0.3, -0.25) is 4.79 Å². The van der Waals surface area contributed by atoms with Crippen molar-refractivity contribution in [2.75, 3.05) is 5.33 Å². The fourth-order valence-corrected chi connectivity index (χ4v) is 3.12. The maximum atomic E-state index is 11.3. The summed E-state index contributed by atoms with van der Waals surface area (Å²) in [7, 11) is 0. The molecule has 1 heterocycles. The normalized spacial score (nSPS) is 23.2. The first-order chi connectivity index (χ1) is 5.74. The number of thioether (sulfide) groups is 2. The molecule has 0 amide bonds. The average molecular weight is 265 g/mol. The number of carbonyl (C=O) groups excluding carboxylic acids is 1. The van der Waals surface area contributed by atoms with E-state index in [0.29, 0.717) is 10.6 Å². The maximum absolute atomic E-state index is 11.3. The third kappa shape index (κ3) is 2.99. The molecule has 1 atom stereocenters. The van der Waals surface area contributed by atoms with Crippen LogP contribution in [0.3, 0.4) is 0 Å². The van der Waals surface area contributed by atoms with Crippen molar-refractivity contribution < 1.29 is 4.79 Å². The Morgan fingerprint density at radius 3 is 3.17 bits per heavy atom. The number of ketones is 1. The highest BCUT2D eigenvalue weighted by Gasteiger charge is 2.12. The predicted octanol–water partition coefficient (Wildman–Crippen LogP) is 3.17. The lowest BCUT2D eigenvalue weighted by molar-refractivity contribution is -0.112. The molecule has 12 heavy (non-hydrogen) atoms. The zero-order valence-corrected chi connectivity index (χ0v) is 9.84. The van der Waals surface area contributed by atoms with E-state index in [-0.39, 0.29) is 5.78 Å². The van der Waals surface area contributed by atoms with Crippen LogP contribution in [0.15, 0.2) is 21.8 Å². The summed E-state index contributed by atoms with van der Waals surface area (Å²) in [4.78, 5) is 12.1. The molecule has 1 nitrogen and oxygen atoms in total. The number of alkyl halides is 1. The fourth-order valence-electron chi connectivity index (χ4n) is 0.722. The Bertz CT molecular complexity index is 235. The smallest absolute Gasteiger partial charge is 0.180 e. The van der Waals surface area contributed by atoms with Crippen molar-refractivity contribution in [2.24, 2.45) is 0 Å².